The molecule has 1 amide bonds. The molecule has 0 aliphatic heterocycles. The molecule has 0 bridgehead atoms. The molecule has 0 spiro atoms. The van der Waals surface area contributed by atoms with Crippen LogP contribution < -0.4 is 5.32 Å². The van der Waals surface area contributed by atoms with Gasteiger partial charge in [-0.1, -0.05) is 23.7 Å². The predicted octanol–water partition coefficient (Wildman–Crippen LogP) is 4.43. The highest BCUT2D eigenvalue weighted by molar-refractivity contribution is 6.30. The number of aromatic nitrogens is 3. The summed E-state index contributed by atoms with van der Waals surface area (Å²) in [4.78, 5) is 16.9. The average Bonchev–Trinajstić information content (AvgIpc) is 3.21. The summed E-state index contributed by atoms with van der Waals surface area (Å²) >= 11 is 5.91. The van der Waals surface area contributed by atoms with Crippen molar-refractivity contribution in [2.45, 2.75) is 6.92 Å². The lowest BCUT2D eigenvalue weighted by atomic mass is 10.1. The standard InChI is InChI=1S/C18H13ClN4O2/c1-10-21-15-8-13(6-7-16(15)25-10)22-18(24)14-9-20-23-17(14)11-2-4-12(19)5-3-11/h2-9H,1H3,(H,20,23)(H,22,24). The first kappa shape index (κ1) is 15.4. The van der Waals surface area contributed by atoms with Crippen molar-refractivity contribution < 1.29 is 9.21 Å². The van der Waals surface area contributed by atoms with Crippen molar-refractivity contribution in [3.05, 3.63) is 65.1 Å². The highest BCUT2D eigenvalue weighted by atomic mass is 35.5. The van der Waals surface area contributed by atoms with Gasteiger partial charge in [-0.25, -0.2) is 4.98 Å². The molecule has 25 heavy (non-hydrogen) atoms. The number of hydrogen-bond acceptors (Lipinski definition) is 4. The Morgan fingerprint density at radius 2 is 2.00 bits per heavy atom. The average molecular weight is 353 g/mol. The van der Waals surface area contributed by atoms with Gasteiger partial charge in [-0.05, 0) is 30.3 Å². The van der Waals surface area contributed by atoms with Crippen LogP contribution in [0.1, 0.15) is 16.2 Å². The molecular formula is C18H13ClN4O2. The number of hydrogen-bond donors (Lipinski definition) is 2. The van der Waals surface area contributed by atoms with E-state index in [0.29, 0.717) is 39.0 Å². The summed E-state index contributed by atoms with van der Waals surface area (Å²) in [5.41, 5.74) is 3.91. The molecule has 0 radical (unpaired) electrons. The molecule has 0 saturated carbocycles. The highest BCUT2D eigenvalue weighted by Crippen LogP contribution is 2.25. The Labute approximate surface area is 147 Å². The third kappa shape index (κ3) is 2.99. The van der Waals surface area contributed by atoms with E-state index in [9.17, 15) is 4.79 Å². The Morgan fingerprint density at radius 1 is 1.20 bits per heavy atom. The summed E-state index contributed by atoms with van der Waals surface area (Å²) in [5, 5.41) is 10.3. The Morgan fingerprint density at radius 3 is 2.80 bits per heavy atom. The van der Waals surface area contributed by atoms with Gasteiger partial charge in [0.05, 0.1) is 17.5 Å². The smallest absolute Gasteiger partial charge is 0.259 e. The number of H-pyrrole nitrogens is 1. The molecule has 0 aliphatic carbocycles. The van der Waals surface area contributed by atoms with Gasteiger partial charge in [0.2, 0.25) is 0 Å². The Hall–Kier alpha value is -3.12. The zero-order chi connectivity index (χ0) is 17.4. The molecular weight excluding hydrogens is 340 g/mol. The maximum absolute atomic E-state index is 12.6. The van der Waals surface area contributed by atoms with Crippen LogP contribution in [0.3, 0.4) is 0 Å². The summed E-state index contributed by atoms with van der Waals surface area (Å²) in [5.74, 6) is 0.316. The van der Waals surface area contributed by atoms with Gasteiger partial charge in [0.1, 0.15) is 5.52 Å². The van der Waals surface area contributed by atoms with Crippen LogP contribution in [-0.4, -0.2) is 21.1 Å². The molecule has 2 heterocycles. The molecule has 6 nitrogen and oxygen atoms in total. The number of rotatable bonds is 3. The number of halogens is 1. The van der Waals surface area contributed by atoms with Crippen LogP contribution in [0.15, 0.2) is 53.1 Å². The molecule has 0 aliphatic rings. The largest absolute Gasteiger partial charge is 0.441 e. The molecule has 0 unspecified atom stereocenters. The minimum atomic E-state index is -0.265. The van der Waals surface area contributed by atoms with Crippen molar-refractivity contribution >= 4 is 34.3 Å². The quantitative estimate of drug-likeness (QED) is 0.571. The van der Waals surface area contributed by atoms with Crippen molar-refractivity contribution in [2.24, 2.45) is 0 Å². The van der Waals surface area contributed by atoms with Crippen molar-refractivity contribution in [1.29, 1.82) is 0 Å². The zero-order valence-corrected chi connectivity index (χ0v) is 14.0. The number of nitrogens with one attached hydrogen (secondary N) is 2. The van der Waals surface area contributed by atoms with E-state index < -0.39 is 0 Å². The van der Waals surface area contributed by atoms with Gasteiger partial charge in [0.15, 0.2) is 11.5 Å². The van der Waals surface area contributed by atoms with Crippen LogP contribution in [0.5, 0.6) is 0 Å². The second-order valence-corrected chi connectivity index (χ2v) is 5.97. The Bertz CT molecular complexity index is 1070. The molecule has 4 rings (SSSR count). The molecule has 0 atom stereocenters. The van der Waals surface area contributed by atoms with E-state index in [1.807, 2.05) is 12.1 Å². The molecule has 4 aromatic rings. The number of amides is 1. The minimum absolute atomic E-state index is 0.265. The second-order valence-electron chi connectivity index (χ2n) is 5.54. The number of aromatic amines is 1. The fourth-order valence-electron chi connectivity index (χ4n) is 2.61. The summed E-state index contributed by atoms with van der Waals surface area (Å²) in [6, 6.07) is 12.5. The van der Waals surface area contributed by atoms with Crippen molar-refractivity contribution in [2.75, 3.05) is 5.32 Å². The maximum Gasteiger partial charge on any atom is 0.259 e. The lowest BCUT2D eigenvalue weighted by Gasteiger charge is -2.06. The van der Waals surface area contributed by atoms with E-state index in [4.69, 9.17) is 16.0 Å². The Balaban J connectivity index is 1.62. The predicted molar refractivity (Wildman–Crippen MR) is 95.7 cm³/mol. The molecule has 7 heteroatoms. The van der Waals surface area contributed by atoms with Gasteiger partial charge in [-0.2, -0.15) is 5.10 Å². The topological polar surface area (TPSA) is 83.8 Å². The van der Waals surface area contributed by atoms with Crippen LogP contribution in [0.4, 0.5) is 5.69 Å². The molecule has 2 aromatic heterocycles. The third-order valence-corrected chi connectivity index (χ3v) is 4.02. The SMILES string of the molecule is Cc1nc2cc(NC(=O)c3cn[nH]c3-c3ccc(Cl)cc3)ccc2o1. The van der Waals surface area contributed by atoms with E-state index >= 15 is 0 Å². The normalized spacial score (nSPS) is 11.0. The van der Waals surface area contributed by atoms with Gasteiger partial charge in [0.25, 0.3) is 5.91 Å². The van der Waals surface area contributed by atoms with Gasteiger partial charge < -0.3 is 9.73 Å². The summed E-state index contributed by atoms with van der Waals surface area (Å²) in [6.45, 7) is 1.78. The first-order valence-corrected chi connectivity index (χ1v) is 7.96. The number of fused-ring (bicyclic) bond motifs is 1. The maximum atomic E-state index is 12.6. The fourth-order valence-corrected chi connectivity index (χ4v) is 2.74. The lowest BCUT2D eigenvalue weighted by Crippen LogP contribution is -2.12. The van der Waals surface area contributed by atoms with E-state index in [1.165, 1.54) is 6.20 Å². The van der Waals surface area contributed by atoms with E-state index in [0.717, 1.165) is 5.56 Å². The summed E-state index contributed by atoms with van der Waals surface area (Å²) in [6.07, 6.45) is 1.50. The number of carbonyl (C=O) groups is 1. The summed E-state index contributed by atoms with van der Waals surface area (Å²) in [7, 11) is 0. The number of benzene rings is 2. The van der Waals surface area contributed by atoms with Gasteiger partial charge in [-0.3, -0.25) is 9.89 Å². The fraction of sp³-hybridized carbons (Fsp3) is 0.0556. The monoisotopic (exact) mass is 352 g/mol. The van der Waals surface area contributed by atoms with Crippen molar-refractivity contribution in [3.63, 3.8) is 0 Å². The molecule has 0 fully saturated rings. The van der Waals surface area contributed by atoms with E-state index in [1.54, 1.807) is 37.3 Å². The molecule has 2 aromatic carbocycles. The number of nitrogens with zero attached hydrogens (tertiary/aromatic N) is 2. The van der Waals surface area contributed by atoms with Crippen molar-refractivity contribution in [3.8, 4) is 11.3 Å². The number of oxazole rings is 1. The van der Waals surface area contributed by atoms with Crippen LogP contribution in [0, 0.1) is 6.92 Å². The number of carbonyl (C=O) groups excluding carboxylic acids is 1. The van der Waals surface area contributed by atoms with E-state index in [-0.39, 0.29) is 5.91 Å². The van der Waals surface area contributed by atoms with E-state index in [2.05, 4.69) is 20.5 Å². The number of anilines is 1. The van der Waals surface area contributed by atoms with Crippen LogP contribution >= 0.6 is 11.6 Å². The van der Waals surface area contributed by atoms with Gasteiger partial charge >= 0.3 is 0 Å². The minimum Gasteiger partial charge on any atom is -0.441 e. The van der Waals surface area contributed by atoms with Crippen LogP contribution in [0.2, 0.25) is 5.02 Å². The van der Waals surface area contributed by atoms with Crippen molar-refractivity contribution in [1.82, 2.24) is 15.2 Å². The first-order valence-electron chi connectivity index (χ1n) is 7.58. The van der Waals surface area contributed by atoms with Gasteiger partial charge in [-0.15, -0.1) is 0 Å². The highest BCUT2D eigenvalue weighted by Gasteiger charge is 2.16. The third-order valence-electron chi connectivity index (χ3n) is 3.77. The first-order chi connectivity index (χ1) is 12.1. The lowest BCUT2D eigenvalue weighted by molar-refractivity contribution is 0.102. The molecule has 0 saturated heterocycles. The summed E-state index contributed by atoms with van der Waals surface area (Å²) < 4.78 is 5.44. The zero-order valence-electron chi connectivity index (χ0n) is 13.2. The number of aryl methyl sites for hydroxylation is 1. The van der Waals surface area contributed by atoms with Crippen LogP contribution in [0.25, 0.3) is 22.4 Å². The van der Waals surface area contributed by atoms with Gasteiger partial charge in [0, 0.05) is 23.2 Å². The van der Waals surface area contributed by atoms with Crippen LogP contribution in [-0.2, 0) is 0 Å². The molecule has 124 valence electrons. The molecule has 2 N–H and O–H groups in total. The Kier molecular flexibility index (Phi) is 3.74. The second kappa shape index (κ2) is 6.07.